The second-order valence-electron chi connectivity index (χ2n) is 6.12. The Morgan fingerprint density at radius 1 is 1.18 bits per heavy atom. The van der Waals surface area contributed by atoms with E-state index in [1.165, 1.54) is 13.4 Å². The number of thioether (sulfide) groups is 1. The molecule has 0 aliphatic carbocycles. The van der Waals surface area contributed by atoms with E-state index >= 15 is 0 Å². The van der Waals surface area contributed by atoms with Crippen LogP contribution in [-0.2, 0) is 9.53 Å². The van der Waals surface area contributed by atoms with Crippen molar-refractivity contribution >= 4 is 41.0 Å². The Balaban J connectivity index is 1.93. The minimum absolute atomic E-state index is 0.433. The summed E-state index contributed by atoms with van der Waals surface area (Å²) in [4.78, 5) is 18.3. The molecule has 28 heavy (non-hydrogen) atoms. The molecule has 0 unspecified atom stereocenters. The maximum Gasteiger partial charge on any atom is 0.338 e. The van der Waals surface area contributed by atoms with Crippen molar-refractivity contribution in [2.45, 2.75) is 10.9 Å². The third kappa shape index (κ3) is 3.27. The van der Waals surface area contributed by atoms with Crippen LogP contribution in [0.3, 0.4) is 0 Å². The van der Waals surface area contributed by atoms with Crippen LogP contribution in [0.4, 0.5) is 5.95 Å². The Morgan fingerprint density at radius 2 is 1.89 bits per heavy atom. The van der Waals surface area contributed by atoms with Gasteiger partial charge in [0.05, 0.1) is 18.4 Å². The van der Waals surface area contributed by atoms with Crippen molar-refractivity contribution in [3.63, 3.8) is 0 Å². The van der Waals surface area contributed by atoms with Crippen molar-refractivity contribution < 1.29 is 9.53 Å². The third-order valence-corrected chi connectivity index (χ3v) is 5.56. The first kappa shape index (κ1) is 18.6. The van der Waals surface area contributed by atoms with Gasteiger partial charge in [-0.25, -0.2) is 9.48 Å². The largest absolute Gasteiger partial charge is 0.466 e. The highest BCUT2D eigenvalue weighted by Gasteiger charge is 2.35. The first-order chi connectivity index (χ1) is 13.6. The Kier molecular flexibility index (Phi) is 5.11. The number of hydrogen-bond acceptors (Lipinski definition) is 6. The number of benzene rings is 2. The lowest BCUT2D eigenvalue weighted by Crippen LogP contribution is -2.29. The molecule has 0 radical (unpaired) electrons. The predicted molar refractivity (Wildman–Crippen MR) is 110 cm³/mol. The molecule has 6 nitrogen and oxygen atoms in total. The van der Waals surface area contributed by atoms with Crippen LogP contribution < -0.4 is 5.32 Å². The summed E-state index contributed by atoms with van der Waals surface area (Å²) in [6, 6.07) is 14.8. The van der Waals surface area contributed by atoms with Gasteiger partial charge in [0, 0.05) is 9.92 Å². The maximum atomic E-state index is 12.8. The van der Waals surface area contributed by atoms with Crippen LogP contribution in [0, 0.1) is 0 Å². The number of hydrogen-bond donors (Lipinski definition) is 1. The zero-order chi connectivity index (χ0) is 19.7. The minimum atomic E-state index is -0.465. The maximum absolute atomic E-state index is 12.8. The number of nitrogens with one attached hydrogen (secondary N) is 1. The van der Waals surface area contributed by atoms with E-state index in [1.807, 2.05) is 42.7 Å². The highest BCUT2D eigenvalue weighted by atomic mass is 35.5. The Morgan fingerprint density at radius 3 is 2.54 bits per heavy atom. The molecule has 1 aromatic heterocycles. The lowest BCUT2D eigenvalue weighted by atomic mass is 9.93. The molecule has 4 rings (SSSR count). The first-order valence-electron chi connectivity index (χ1n) is 8.51. The molecule has 0 spiro atoms. The molecule has 0 saturated carbocycles. The number of carbonyl (C=O) groups is 1. The van der Waals surface area contributed by atoms with E-state index in [0.717, 1.165) is 16.0 Å². The van der Waals surface area contributed by atoms with Crippen LogP contribution in [0.5, 0.6) is 0 Å². The number of esters is 1. The number of carbonyl (C=O) groups excluding carboxylic acids is 1. The van der Waals surface area contributed by atoms with E-state index in [2.05, 4.69) is 15.4 Å². The second-order valence-corrected chi connectivity index (χ2v) is 7.43. The standard InChI is InChI=1S/C20H17ClN4O2S/c1-27-19(26)16-17(12-3-7-14(21)8-4-12)24-20-22-11-23-25(20)18(16)13-5-9-15(28-2)10-6-13/h3-11,18H,1-2H3,(H,22,23,24)/t18-/m1/s1. The van der Waals surface area contributed by atoms with Gasteiger partial charge in [-0.05, 0) is 41.6 Å². The first-order valence-corrected chi connectivity index (χ1v) is 10.1. The van der Waals surface area contributed by atoms with Crippen LogP contribution in [0.15, 0.2) is 65.3 Å². The van der Waals surface area contributed by atoms with E-state index in [-0.39, 0.29) is 0 Å². The summed E-state index contributed by atoms with van der Waals surface area (Å²) < 4.78 is 6.82. The van der Waals surface area contributed by atoms with Gasteiger partial charge in [0.2, 0.25) is 5.95 Å². The summed E-state index contributed by atoms with van der Waals surface area (Å²) in [5.74, 6) is 0.120. The Hall–Kier alpha value is -2.77. The fourth-order valence-electron chi connectivity index (χ4n) is 3.23. The van der Waals surface area contributed by atoms with Gasteiger partial charge in [-0.1, -0.05) is 35.9 Å². The number of anilines is 1. The van der Waals surface area contributed by atoms with Gasteiger partial charge in [-0.2, -0.15) is 10.1 Å². The van der Waals surface area contributed by atoms with E-state index < -0.39 is 12.0 Å². The number of methoxy groups -OCH3 is 1. The summed E-state index contributed by atoms with van der Waals surface area (Å²) in [7, 11) is 1.37. The number of ether oxygens (including phenoxy) is 1. The number of halogens is 1. The van der Waals surface area contributed by atoms with Crippen molar-refractivity contribution in [1.82, 2.24) is 14.8 Å². The van der Waals surface area contributed by atoms with Crippen molar-refractivity contribution in [1.29, 1.82) is 0 Å². The van der Waals surface area contributed by atoms with Gasteiger partial charge in [0.1, 0.15) is 12.4 Å². The SMILES string of the molecule is COC(=O)C1=C(c2ccc(Cl)cc2)Nc2ncnn2[C@@H]1c1ccc(SC)cc1. The quantitative estimate of drug-likeness (QED) is 0.510. The van der Waals surface area contributed by atoms with Crippen LogP contribution >= 0.6 is 23.4 Å². The molecule has 2 aromatic carbocycles. The summed E-state index contributed by atoms with van der Waals surface area (Å²) in [5, 5.41) is 8.18. The monoisotopic (exact) mass is 412 g/mol. The minimum Gasteiger partial charge on any atom is -0.466 e. The zero-order valence-corrected chi connectivity index (χ0v) is 16.8. The van der Waals surface area contributed by atoms with Gasteiger partial charge in [0.25, 0.3) is 0 Å². The van der Waals surface area contributed by atoms with Gasteiger partial charge >= 0.3 is 5.97 Å². The number of aromatic nitrogens is 3. The number of nitrogens with zero attached hydrogens (tertiary/aromatic N) is 3. The molecular formula is C20H17ClN4O2S. The molecule has 3 aromatic rings. The Labute approximate surface area is 171 Å². The summed E-state index contributed by atoms with van der Waals surface area (Å²) in [5.41, 5.74) is 2.81. The van der Waals surface area contributed by atoms with Gasteiger partial charge < -0.3 is 10.1 Å². The smallest absolute Gasteiger partial charge is 0.338 e. The van der Waals surface area contributed by atoms with Crippen LogP contribution in [0.25, 0.3) is 5.70 Å². The fraction of sp³-hybridized carbons (Fsp3) is 0.150. The summed E-state index contributed by atoms with van der Waals surface area (Å²) in [6.07, 6.45) is 3.48. The van der Waals surface area contributed by atoms with Crippen molar-refractivity contribution in [3.8, 4) is 0 Å². The molecule has 1 aliphatic heterocycles. The molecule has 0 bridgehead atoms. The molecule has 0 fully saturated rings. The van der Waals surface area contributed by atoms with E-state index in [4.69, 9.17) is 16.3 Å². The lowest BCUT2D eigenvalue weighted by Gasteiger charge is -2.29. The molecule has 1 N–H and O–H groups in total. The molecule has 0 amide bonds. The fourth-order valence-corrected chi connectivity index (χ4v) is 3.76. The molecule has 1 atom stereocenters. The number of fused-ring (bicyclic) bond motifs is 1. The summed E-state index contributed by atoms with van der Waals surface area (Å²) >= 11 is 7.70. The number of rotatable bonds is 4. The van der Waals surface area contributed by atoms with Crippen molar-refractivity contribution in [2.75, 3.05) is 18.7 Å². The zero-order valence-electron chi connectivity index (χ0n) is 15.2. The van der Waals surface area contributed by atoms with E-state index in [1.54, 1.807) is 28.6 Å². The van der Waals surface area contributed by atoms with Gasteiger partial charge in [-0.15, -0.1) is 11.8 Å². The average molecular weight is 413 g/mol. The third-order valence-electron chi connectivity index (χ3n) is 4.57. The molecular weight excluding hydrogens is 396 g/mol. The molecule has 1 aliphatic rings. The highest BCUT2D eigenvalue weighted by Crippen LogP contribution is 2.39. The van der Waals surface area contributed by atoms with Crippen LogP contribution in [0.2, 0.25) is 5.02 Å². The van der Waals surface area contributed by atoms with Gasteiger partial charge in [0.15, 0.2) is 0 Å². The molecule has 8 heteroatoms. The van der Waals surface area contributed by atoms with Crippen LogP contribution in [0.1, 0.15) is 17.2 Å². The molecule has 0 saturated heterocycles. The topological polar surface area (TPSA) is 69.0 Å². The summed E-state index contributed by atoms with van der Waals surface area (Å²) in [6.45, 7) is 0. The molecule has 142 valence electrons. The normalized spacial score (nSPS) is 15.8. The highest BCUT2D eigenvalue weighted by molar-refractivity contribution is 7.98. The Bertz CT molecular complexity index is 1040. The average Bonchev–Trinajstić information content (AvgIpc) is 3.21. The van der Waals surface area contributed by atoms with Gasteiger partial charge in [-0.3, -0.25) is 0 Å². The second kappa shape index (κ2) is 7.69. The predicted octanol–water partition coefficient (Wildman–Crippen LogP) is 4.25. The van der Waals surface area contributed by atoms with Crippen molar-refractivity contribution in [2.24, 2.45) is 0 Å². The van der Waals surface area contributed by atoms with E-state index in [9.17, 15) is 4.79 Å². The van der Waals surface area contributed by atoms with E-state index in [0.29, 0.717) is 22.2 Å². The molecule has 2 heterocycles. The lowest BCUT2D eigenvalue weighted by molar-refractivity contribution is -0.136. The van der Waals surface area contributed by atoms with Crippen molar-refractivity contribution in [3.05, 3.63) is 76.6 Å². The van der Waals surface area contributed by atoms with Crippen LogP contribution in [-0.4, -0.2) is 34.1 Å².